The summed E-state index contributed by atoms with van der Waals surface area (Å²) in [5, 5.41) is 14.4. The number of nitrogens with zero attached hydrogens (tertiary/aromatic N) is 5. The number of fused-ring (bicyclic) bond motifs is 2. The van der Waals surface area contributed by atoms with E-state index in [-0.39, 0.29) is 18.3 Å². The Morgan fingerprint density at radius 2 is 1.79 bits per heavy atom. The Hall–Kier alpha value is -4.80. The number of tetrazole rings is 1. The van der Waals surface area contributed by atoms with Crippen LogP contribution in [0.4, 0.5) is 0 Å². The number of hydrogen-bond acceptors (Lipinski definition) is 9. The highest BCUT2D eigenvalue weighted by molar-refractivity contribution is 5.89. The number of aromatic amines is 1. The van der Waals surface area contributed by atoms with Crippen molar-refractivity contribution in [3.63, 3.8) is 0 Å². The van der Waals surface area contributed by atoms with E-state index in [4.69, 9.17) is 18.6 Å². The van der Waals surface area contributed by atoms with Crippen LogP contribution < -0.4 is 5.82 Å². The van der Waals surface area contributed by atoms with Crippen molar-refractivity contribution >= 4 is 5.97 Å². The monoisotopic (exact) mass is 526 g/mol. The second-order valence-corrected chi connectivity index (χ2v) is 9.56. The molecular weight excluding hydrogens is 500 g/mol. The molecule has 1 N–H and O–H groups in total. The zero-order valence-electron chi connectivity index (χ0n) is 21.5. The van der Waals surface area contributed by atoms with E-state index in [1.165, 1.54) is 0 Å². The van der Waals surface area contributed by atoms with Crippen LogP contribution in [0, 0.1) is 0 Å². The fourth-order valence-corrected chi connectivity index (χ4v) is 5.02. The van der Waals surface area contributed by atoms with Crippen LogP contribution in [0.15, 0.2) is 62.2 Å². The molecule has 0 spiro atoms. The first-order valence-electron chi connectivity index (χ1n) is 12.8. The van der Waals surface area contributed by atoms with Crippen molar-refractivity contribution in [2.24, 2.45) is 0 Å². The second kappa shape index (κ2) is 10.2. The number of H-pyrrole nitrogens is 1. The average molecular weight is 527 g/mol. The van der Waals surface area contributed by atoms with Crippen LogP contribution in [-0.2, 0) is 30.7 Å². The third-order valence-corrected chi connectivity index (χ3v) is 6.88. The van der Waals surface area contributed by atoms with Gasteiger partial charge in [-0.15, -0.1) is 10.2 Å². The van der Waals surface area contributed by atoms with Gasteiger partial charge in [-0.3, -0.25) is 0 Å². The Kier molecular flexibility index (Phi) is 6.39. The molecule has 0 aliphatic carbocycles. The molecule has 1 aliphatic rings. The average Bonchev–Trinajstić information content (AvgIpc) is 3.68. The van der Waals surface area contributed by atoms with Crippen LogP contribution in [0.3, 0.4) is 0 Å². The van der Waals surface area contributed by atoms with Gasteiger partial charge < -0.3 is 18.1 Å². The number of aromatic nitrogens is 6. The molecule has 0 saturated carbocycles. The molecule has 11 nitrogen and oxygen atoms in total. The quantitative estimate of drug-likeness (QED) is 0.321. The van der Waals surface area contributed by atoms with Crippen molar-refractivity contribution in [3.05, 3.63) is 93.4 Å². The van der Waals surface area contributed by atoms with Crippen LogP contribution in [0.2, 0.25) is 0 Å². The second-order valence-electron chi connectivity index (χ2n) is 9.56. The fraction of sp³-hybridized carbons (Fsp3) is 0.286. The number of aryl methyl sites for hydroxylation is 1. The molecule has 0 fully saturated rings. The number of cyclic esters (lactones) is 1. The topological polar surface area (TPSA) is 142 Å². The number of esters is 1. The van der Waals surface area contributed by atoms with Crippen LogP contribution >= 0.6 is 0 Å². The summed E-state index contributed by atoms with van der Waals surface area (Å²) in [4.78, 5) is 29.9. The summed E-state index contributed by atoms with van der Waals surface area (Å²) in [7, 11) is 0. The molecule has 4 heterocycles. The minimum atomic E-state index is -0.801. The molecule has 1 unspecified atom stereocenters. The summed E-state index contributed by atoms with van der Waals surface area (Å²) in [6.07, 6.45) is 1.95. The summed E-state index contributed by atoms with van der Waals surface area (Å²) in [5.74, 6) is 0.468. The Balaban J connectivity index is 1.35. The molecule has 5 aromatic rings. The zero-order valence-corrected chi connectivity index (χ0v) is 21.5. The summed E-state index contributed by atoms with van der Waals surface area (Å²) < 4.78 is 17.8. The molecule has 0 bridgehead atoms. The molecule has 1 aliphatic heterocycles. The number of rotatable bonds is 6. The third-order valence-electron chi connectivity index (χ3n) is 6.88. The van der Waals surface area contributed by atoms with Gasteiger partial charge in [0.25, 0.3) is 0 Å². The molecule has 0 amide bonds. The van der Waals surface area contributed by atoms with E-state index in [1.54, 1.807) is 0 Å². The Bertz CT molecular complexity index is 1680. The lowest BCUT2D eigenvalue weighted by molar-refractivity contribution is 0.0430. The van der Waals surface area contributed by atoms with Gasteiger partial charge in [-0.05, 0) is 28.3 Å². The molecule has 0 radical (unpaired) electrons. The molecule has 11 heteroatoms. The summed E-state index contributed by atoms with van der Waals surface area (Å²) in [6, 6.07) is 16.1. The number of imidazole rings is 1. The molecule has 3 aromatic heterocycles. The van der Waals surface area contributed by atoms with Crippen LogP contribution in [0.5, 0.6) is 0 Å². The minimum Gasteiger partial charge on any atom is -0.453 e. The van der Waals surface area contributed by atoms with Gasteiger partial charge in [0.2, 0.25) is 5.82 Å². The van der Waals surface area contributed by atoms with Crippen molar-refractivity contribution in [2.45, 2.75) is 52.2 Å². The molecule has 39 heavy (non-hydrogen) atoms. The minimum absolute atomic E-state index is 0.172. The van der Waals surface area contributed by atoms with E-state index in [0.717, 1.165) is 34.5 Å². The first-order valence-corrected chi connectivity index (χ1v) is 12.8. The van der Waals surface area contributed by atoms with Gasteiger partial charge in [0.1, 0.15) is 5.82 Å². The number of hydrogen-bond donors (Lipinski definition) is 1. The van der Waals surface area contributed by atoms with Gasteiger partial charge >= 0.3 is 11.8 Å². The van der Waals surface area contributed by atoms with E-state index in [0.29, 0.717) is 42.4 Å². The number of nitrogens with one attached hydrogen (secondary N) is 1. The number of carbonyl (C=O) groups is 1. The molecule has 1 atom stereocenters. The maximum Gasteiger partial charge on any atom is 0.519 e. The van der Waals surface area contributed by atoms with E-state index < -0.39 is 11.8 Å². The third kappa shape index (κ3) is 4.67. The van der Waals surface area contributed by atoms with Crippen molar-refractivity contribution in [2.75, 3.05) is 0 Å². The summed E-state index contributed by atoms with van der Waals surface area (Å²) in [6.45, 7) is 4.31. The normalized spacial score (nSPS) is 15.1. The SMILES string of the molecule is CCCc1nc2c(n1Cc1ccc(-c3ccccc3-c3nn[nH]n3)cc1)C(=O)OCc1oc(=O)oc1CC2C. The molecule has 6 rings (SSSR count). The lowest BCUT2D eigenvalue weighted by Crippen LogP contribution is -2.16. The molecule has 198 valence electrons. The zero-order chi connectivity index (χ0) is 26.9. The van der Waals surface area contributed by atoms with E-state index in [9.17, 15) is 9.59 Å². The van der Waals surface area contributed by atoms with Crippen LogP contribution in [0.1, 0.15) is 65.3 Å². The van der Waals surface area contributed by atoms with Gasteiger partial charge in [0.15, 0.2) is 23.8 Å². The lowest BCUT2D eigenvalue weighted by Gasteiger charge is -2.13. The fourth-order valence-electron chi connectivity index (χ4n) is 5.02. The smallest absolute Gasteiger partial charge is 0.453 e. The van der Waals surface area contributed by atoms with Gasteiger partial charge in [0.05, 0.1) is 5.69 Å². The van der Waals surface area contributed by atoms with Crippen molar-refractivity contribution in [1.82, 2.24) is 30.2 Å². The maximum absolute atomic E-state index is 13.3. The summed E-state index contributed by atoms with van der Waals surface area (Å²) in [5.41, 5.74) is 4.93. The molecular formula is C28H26N6O5. The van der Waals surface area contributed by atoms with Gasteiger partial charge in [-0.25, -0.2) is 14.6 Å². The number of carbonyl (C=O) groups excluding carboxylic acids is 1. The Labute approximate surface area is 222 Å². The maximum atomic E-state index is 13.3. The van der Waals surface area contributed by atoms with E-state index >= 15 is 0 Å². The first-order chi connectivity index (χ1) is 19.0. The number of ether oxygens (including phenoxy) is 1. The Morgan fingerprint density at radius 3 is 2.54 bits per heavy atom. The van der Waals surface area contributed by atoms with Crippen molar-refractivity contribution in [3.8, 4) is 22.5 Å². The highest BCUT2D eigenvalue weighted by atomic mass is 16.6. The van der Waals surface area contributed by atoms with Gasteiger partial charge in [-0.2, -0.15) is 5.21 Å². The summed E-state index contributed by atoms with van der Waals surface area (Å²) >= 11 is 0. The van der Waals surface area contributed by atoms with E-state index in [1.807, 2.05) is 60.0 Å². The largest absolute Gasteiger partial charge is 0.519 e. The van der Waals surface area contributed by atoms with Crippen molar-refractivity contribution < 1.29 is 18.4 Å². The standard InChI is InChI=1S/C28H26N6O5/c1-3-6-23-29-24-16(2)13-21-22(39-28(36)38-21)15-37-27(35)25(24)34(23)14-17-9-11-18(12-10-17)19-7-4-5-8-20(19)26-30-32-33-31-26/h4-5,7-12,16H,3,6,13-15H2,1-2H3,(H,30,31,32,33). The van der Waals surface area contributed by atoms with Crippen LogP contribution in [-0.4, -0.2) is 36.1 Å². The first kappa shape index (κ1) is 24.5. The predicted octanol–water partition coefficient (Wildman–Crippen LogP) is 4.29. The highest BCUT2D eigenvalue weighted by Crippen LogP contribution is 2.32. The predicted molar refractivity (Wildman–Crippen MR) is 139 cm³/mol. The van der Waals surface area contributed by atoms with Gasteiger partial charge in [0, 0.05) is 30.9 Å². The van der Waals surface area contributed by atoms with E-state index in [2.05, 4.69) is 27.5 Å². The Morgan fingerprint density at radius 1 is 1.03 bits per heavy atom. The number of benzene rings is 2. The molecule has 0 saturated heterocycles. The van der Waals surface area contributed by atoms with Crippen LogP contribution in [0.25, 0.3) is 22.5 Å². The van der Waals surface area contributed by atoms with Gasteiger partial charge in [-0.1, -0.05) is 62.4 Å². The molecule has 2 aromatic carbocycles. The highest BCUT2D eigenvalue weighted by Gasteiger charge is 2.31. The van der Waals surface area contributed by atoms with Crippen molar-refractivity contribution in [1.29, 1.82) is 0 Å². The lowest BCUT2D eigenvalue weighted by atomic mass is 9.98.